The Kier molecular flexibility index (Phi) is 4.84. The Morgan fingerprint density at radius 3 is 3.00 bits per heavy atom. The third-order valence-corrected chi connectivity index (χ3v) is 5.07. The highest BCUT2D eigenvalue weighted by Gasteiger charge is 2.23. The summed E-state index contributed by atoms with van der Waals surface area (Å²) >= 11 is 0. The molecule has 2 aromatic heterocycles. The molecule has 1 aliphatic heterocycles. The van der Waals surface area contributed by atoms with E-state index in [1.54, 1.807) is 6.07 Å². The average molecular weight is 354 g/mol. The summed E-state index contributed by atoms with van der Waals surface area (Å²) in [5.41, 5.74) is 2.31. The molecule has 1 aliphatic rings. The van der Waals surface area contributed by atoms with Gasteiger partial charge in [-0.1, -0.05) is 6.07 Å². The fourth-order valence-electron chi connectivity index (χ4n) is 3.61. The molecule has 6 heteroatoms. The number of halogens is 1. The van der Waals surface area contributed by atoms with E-state index in [9.17, 15) is 4.39 Å². The van der Waals surface area contributed by atoms with E-state index in [0.717, 1.165) is 44.6 Å². The molecule has 1 saturated heterocycles. The van der Waals surface area contributed by atoms with Gasteiger partial charge in [0.15, 0.2) is 5.58 Å². The molecule has 136 valence electrons. The van der Waals surface area contributed by atoms with Crippen molar-refractivity contribution < 1.29 is 8.81 Å². The van der Waals surface area contributed by atoms with Crippen LogP contribution in [0.3, 0.4) is 0 Å². The second-order valence-electron chi connectivity index (χ2n) is 6.92. The van der Waals surface area contributed by atoms with Gasteiger partial charge < -0.3 is 9.32 Å². The Labute approximate surface area is 152 Å². The first-order valence-corrected chi connectivity index (χ1v) is 9.10. The highest BCUT2D eigenvalue weighted by atomic mass is 19.1. The third-order valence-electron chi connectivity index (χ3n) is 5.07. The van der Waals surface area contributed by atoms with Crippen LogP contribution < -0.4 is 4.90 Å². The van der Waals surface area contributed by atoms with Crippen molar-refractivity contribution in [1.29, 1.82) is 0 Å². The molecule has 0 amide bonds. The second kappa shape index (κ2) is 7.41. The van der Waals surface area contributed by atoms with Crippen LogP contribution in [0.4, 0.5) is 10.4 Å². The standard InChI is InChI=1S/C20H23FN4O/c1-24(14-16-5-2-3-10-22-16)17-6-4-11-25(12-9-17)20-23-18-13-15(21)7-8-19(18)26-20/h2-3,5,7-8,10,13,17H,4,6,9,11-12,14H2,1H3/t17-/m0/s1. The van der Waals surface area contributed by atoms with E-state index < -0.39 is 0 Å². The van der Waals surface area contributed by atoms with Crippen LogP contribution in [0.1, 0.15) is 25.0 Å². The molecule has 0 N–H and O–H groups in total. The van der Waals surface area contributed by atoms with Gasteiger partial charge in [0.1, 0.15) is 11.3 Å². The van der Waals surface area contributed by atoms with E-state index in [1.807, 2.05) is 18.3 Å². The number of hydrogen-bond donors (Lipinski definition) is 0. The molecule has 1 fully saturated rings. The van der Waals surface area contributed by atoms with Gasteiger partial charge in [0.25, 0.3) is 6.01 Å². The number of nitrogens with zero attached hydrogens (tertiary/aromatic N) is 4. The summed E-state index contributed by atoms with van der Waals surface area (Å²) in [7, 11) is 2.16. The minimum Gasteiger partial charge on any atom is -0.423 e. The summed E-state index contributed by atoms with van der Waals surface area (Å²) in [6.07, 6.45) is 5.09. The van der Waals surface area contributed by atoms with E-state index in [2.05, 4.69) is 32.9 Å². The zero-order chi connectivity index (χ0) is 17.9. The fraction of sp³-hybridized carbons (Fsp3) is 0.400. The molecule has 0 unspecified atom stereocenters. The highest BCUT2D eigenvalue weighted by molar-refractivity contribution is 5.74. The van der Waals surface area contributed by atoms with Gasteiger partial charge in [-0.05, 0) is 50.6 Å². The van der Waals surface area contributed by atoms with Gasteiger partial charge in [-0.3, -0.25) is 9.88 Å². The van der Waals surface area contributed by atoms with Gasteiger partial charge in [-0.15, -0.1) is 0 Å². The van der Waals surface area contributed by atoms with Gasteiger partial charge in [0.05, 0.1) is 5.69 Å². The number of fused-ring (bicyclic) bond motifs is 1. The van der Waals surface area contributed by atoms with Crippen LogP contribution in [-0.4, -0.2) is 41.0 Å². The molecule has 0 saturated carbocycles. The summed E-state index contributed by atoms with van der Waals surface area (Å²) < 4.78 is 19.2. The lowest BCUT2D eigenvalue weighted by molar-refractivity contribution is 0.214. The molecule has 1 atom stereocenters. The molecule has 3 heterocycles. The predicted octanol–water partition coefficient (Wildman–Crippen LogP) is 3.85. The molecule has 4 rings (SSSR count). The first-order chi connectivity index (χ1) is 12.7. The van der Waals surface area contributed by atoms with Crippen LogP contribution in [0.5, 0.6) is 0 Å². The van der Waals surface area contributed by atoms with Gasteiger partial charge in [0, 0.05) is 37.9 Å². The van der Waals surface area contributed by atoms with E-state index in [4.69, 9.17) is 4.42 Å². The number of hydrogen-bond acceptors (Lipinski definition) is 5. The molecule has 3 aromatic rings. The Bertz CT molecular complexity index is 867. The van der Waals surface area contributed by atoms with E-state index in [0.29, 0.717) is 23.2 Å². The number of pyridine rings is 1. The fourth-order valence-corrected chi connectivity index (χ4v) is 3.61. The van der Waals surface area contributed by atoms with Crippen LogP contribution in [0, 0.1) is 5.82 Å². The van der Waals surface area contributed by atoms with Crippen molar-refractivity contribution in [1.82, 2.24) is 14.9 Å². The van der Waals surface area contributed by atoms with E-state index in [1.165, 1.54) is 12.1 Å². The van der Waals surface area contributed by atoms with E-state index in [-0.39, 0.29) is 5.82 Å². The molecule has 0 spiro atoms. The van der Waals surface area contributed by atoms with Gasteiger partial charge in [-0.25, -0.2) is 4.39 Å². The molecular formula is C20H23FN4O. The Balaban J connectivity index is 1.42. The summed E-state index contributed by atoms with van der Waals surface area (Å²) in [5, 5.41) is 0. The van der Waals surface area contributed by atoms with Gasteiger partial charge in [0.2, 0.25) is 0 Å². The van der Waals surface area contributed by atoms with Crippen LogP contribution in [0.15, 0.2) is 47.0 Å². The number of anilines is 1. The van der Waals surface area contributed by atoms with Gasteiger partial charge in [-0.2, -0.15) is 4.98 Å². The maximum Gasteiger partial charge on any atom is 0.298 e. The minimum absolute atomic E-state index is 0.288. The second-order valence-corrected chi connectivity index (χ2v) is 6.92. The van der Waals surface area contributed by atoms with Crippen molar-refractivity contribution in [2.75, 3.05) is 25.0 Å². The summed E-state index contributed by atoms with van der Waals surface area (Å²) in [6.45, 7) is 2.64. The quantitative estimate of drug-likeness (QED) is 0.712. The molecular weight excluding hydrogens is 331 g/mol. The topological polar surface area (TPSA) is 45.4 Å². The number of rotatable bonds is 4. The normalized spacial score (nSPS) is 18.4. The predicted molar refractivity (Wildman–Crippen MR) is 99.5 cm³/mol. The molecule has 26 heavy (non-hydrogen) atoms. The first kappa shape index (κ1) is 17.0. The largest absolute Gasteiger partial charge is 0.423 e. The van der Waals surface area contributed by atoms with Crippen molar-refractivity contribution in [3.8, 4) is 0 Å². The van der Waals surface area contributed by atoms with Crippen LogP contribution in [0.2, 0.25) is 0 Å². The molecule has 0 bridgehead atoms. The molecule has 0 aliphatic carbocycles. The lowest BCUT2D eigenvalue weighted by Gasteiger charge is -2.26. The van der Waals surface area contributed by atoms with Crippen LogP contribution in [-0.2, 0) is 6.54 Å². The SMILES string of the molecule is CN(Cc1ccccn1)[C@H]1CCCN(c2nc3cc(F)ccc3o2)CC1. The Hall–Kier alpha value is -2.47. The third kappa shape index (κ3) is 3.70. The van der Waals surface area contributed by atoms with Gasteiger partial charge >= 0.3 is 0 Å². The minimum atomic E-state index is -0.288. The van der Waals surface area contributed by atoms with Crippen molar-refractivity contribution in [3.05, 3.63) is 54.1 Å². The maximum atomic E-state index is 13.4. The molecule has 1 aromatic carbocycles. The highest BCUT2D eigenvalue weighted by Crippen LogP contribution is 2.26. The number of oxazole rings is 1. The number of benzene rings is 1. The van der Waals surface area contributed by atoms with Crippen molar-refractivity contribution >= 4 is 17.1 Å². The van der Waals surface area contributed by atoms with Crippen LogP contribution >= 0.6 is 0 Å². The van der Waals surface area contributed by atoms with Crippen LogP contribution in [0.25, 0.3) is 11.1 Å². The lowest BCUT2D eigenvalue weighted by atomic mass is 10.1. The van der Waals surface area contributed by atoms with Crippen molar-refractivity contribution in [2.24, 2.45) is 0 Å². The first-order valence-electron chi connectivity index (χ1n) is 9.10. The zero-order valence-electron chi connectivity index (χ0n) is 14.9. The summed E-state index contributed by atoms with van der Waals surface area (Å²) in [5.74, 6) is -0.288. The van der Waals surface area contributed by atoms with Crippen molar-refractivity contribution in [2.45, 2.75) is 31.8 Å². The average Bonchev–Trinajstić information content (AvgIpc) is 2.90. The smallest absolute Gasteiger partial charge is 0.298 e. The number of aromatic nitrogens is 2. The Morgan fingerprint density at radius 1 is 1.23 bits per heavy atom. The monoisotopic (exact) mass is 354 g/mol. The Morgan fingerprint density at radius 2 is 2.15 bits per heavy atom. The molecule has 0 radical (unpaired) electrons. The van der Waals surface area contributed by atoms with E-state index >= 15 is 0 Å². The zero-order valence-corrected chi connectivity index (χ0v) is 14.9. The van der Waals surface area contributed by atoms with Crippen molar-refractivity contribution in [3.63, 3.8) is 0 Å². The maximum absolute atomic E-state index is 13.4. The molecule has 5 nitrogen and oxygen atoms in total. The summed E-state index contributed by atoms with van der Waals surface area (Å²) in [4.78, 5) is 13.5. The lowest BCUT2D eigenvalue weighted by Crippen LogP contribution is -2.33. The summed E-state index contributed by atoms with van der Waals surface area (Å²) in [6, 6.07) is 11.6.